The Morgan fingerprint density at radius 3 is 2.60 bits per heavy atom. The van der Waals surface area contributed by atoms with Crippen molar-refractivity contribution in [1.29, 1.82) is 0 Å². The summed E-state index contributed by atoms with van der Waals surface area (Å²) in [7, 11) is 1.58. The smallest absolute Gasteiger partial charge is 0.126 e. The second-order valence-corrected chi connectivity index (χ2v) is 4.75. The van der Waals surface area contributed by atoms with E-state index in [1.165, 1.54) is 6.07 Å². The van der Waals surface area contributed by atoms with Crippen molar-refractivity contribution in [2.24, 2.45) is 0 Å². The maximum absolute atomic E-state index is 13.2. The van der Waals surface area contributed by atoms with Gasteiger partial charge in [-0.15, -0.1) is 0 Å². The van der Waals surface area contributed by atoms with Gasteiger partial charge in [0.15, 0.2) is 0 Å². The average Bonchev–Trinajstić information content (AvgIpc) is 2.43. The first kappa shape index (κ1) is 14.2. The molecule has 0 aliphatic carbocycles. The summed E-state index contributed by atoms with van der Waals surface area (Å²) in [6.45, 7) is 3.64. The number of benzene rings is 2. The highest BCUT2D eigenvalue weighted by atomic mass is 19.1. The predicted octanol–water partition coefficient (Wildman–Crippen LogP) is 4.02. The van der Waals surface area contributed by atoms with E-state index in [4.69, 9.17) is 4.74 Å². The molecule has 4 heteroatoms. The van der Waals surface area contributed by atoms with Gasteiger partial charge in [-0.1, -0.05) is 0 Å². The van der Waals surface area contributed by atoms with Gasteiger partial charge in [-0.2, -0.15) is 0 Å². The van der Waals surface area contributed by atoms with Gasteiger partial charge < -0.3 is 15.2 Å². The summed E-state index contributed by atoms with van der Waals surface area (Å²) in [4.78, 5) is 0. The van der Waals surface area contributed by atoms with E-state index in [1.54, 1.807) is 44.4 Å². The summed E-state index contributed by atoms with van der Waals surface area (Å²) in [5.41, 5.74) is 2.11. The first-order chi connectivity index (χ1) is 9.51. The molecule has 0 radical (unpaired) electrons. The molecule has 0 saturated heterocycles. The van der Waals surface area contributed by atoms with E-state index >= 15 is 0 Å². The van der Waals surface area contributed by atoms with Crippen LogP contribution in [0.5, 0.6) is 11.5 Å². The van der Waals surface area contributed by atoms with Crippen molar-refractivity contribution in [2.45, 2.75) is 19.9 Å². The average molecular weight is 275 g/mol. The molecule has 0 bridgehead atoms. The quantitative estimate of drug-likeness (QED) is 0.885. The van der Waals surface area contributed by atoms with E-state index in [1.807, 2.05) is 6.92 Å². The molecule has 0 aromatic heterocycles. The second kappa shape index (κ2) is 5.82. The Morgan fingerprint density at radius 2 is 1.95 bits per heavy atom. The van der Waals surface area contributed by atoms with E-state index in [2.05, 4.69) is 5.32 Å². The first-order valence-corrected chi connectivity index (χ1v) is 6.41. The normalized spacial score (nSPS) is 12.0. The van der Waals surface area contributed by atoms with Gasteiger partial charge in [-0.25, -0.2) is 4.39 Å². The Balaban J connectivity index is 2.23. The zero-order chi connectivity index (χ0) is 14.7. The summed E-state index contributed by atoms with van der Waals surface area (Å²) in [6, 6.07) is 9.80. The summed E-state index contributed by atoms with van der Waals surface area (Å²) in [5.74, 6) is 0.652. The number of hydrogen-bond acceptors (Lipinski definition) is 3. The molecule has 0 heterocycles. The van der Waals surface area contributed by atoms with Crippen LogP contribution in [0.25, 0.3) is 0 Å². The van der Waals surface area contributed by atoms with Gasteiger partial charge in [-0.05, 0) is 55.8 Å². The van der Waals surface area contributed by atoms with E-state index in [-0.39, 0.29) is 17.6 Å². The summed E-state index contributed by atoms with van der Waals surface area (Å²) in [6.07, 6.45) is 0. The zero-order valence-corrected chi connectivity index (χ0v) is 11.8. The topological polar surface area (TPSA) is 41.5 Å². The fraction of sp³-hybridized carbons (Fsp3) is 0.250. The Hall–Kier alpha value is -2.23. The number of methoxy groups -OCH3 is 1. The number of anilines is 1. The van der Waals surface area contributed by atoms with Gasteiger partial charge >= 0.3 is 0 Å². The zero-order valence-electron chi connectivity index (χ0n) is 11.8. The SMILES string of the molecule is COc1ccc(O)c(C(C)Nc2ccc(F)c(C)c2)c1. The molecule has 0 amide bonds. The monoisotopic (exact) mass is 275 g/mol. The minimum absolute atomic E-state index is 0.130. The van der Waals surface area contributed by atoms with Crippen LogP contribution in [0.15, 0.2) is 36.4 Å². The fourth-order valence-electron chi connectivity index (χ4n) is 2.07. The third kappa shape index (κ3) is 3.02. The predicted molar refractivity (Wildman–Crippen MR) is 77.8 cm³/mol. The number of hydrogen-bond donors (Lipinski definition) is 2. The van der Waals surface area contributed by atoms with Crippen molar-refractivity contribution >= 4 is 5.69 Å². The Kier molecular flexibility index (Phi) is 4.13. The molecule has 2 rings (SSSR count). The van der Waals surface area contributed by atoms with Crippen molar-refractivity contribution in [1.82, 2.24) is 0 Å². The van der Waals surface area contributed by atoms with E-state index in [0.717, 1.165) is 11.3 Å². The van der Waals surface area contributed by atoms with Crippen LogP contribution in [0.1, 0.15) is 24.1 Å². The Morgan fingerprint density at radius 1 is 1.20 bits per heavy atom. The van der Waals surface area contributed by atoms with Crippen LogP contribution in [0.3, 0.4) is 0 Å². The molecule has 106 valence electrons. The number of halogens is 1. The molecular weight excluding hydrogens is 257 g/mol. The lowest BCUT2D eigenvalue weighted by Crippen LogP contribution is -2.07. The Labute approximate surface area is 118 Å². The standard InChI is InChI=1S/C16H18FNO2/c1-10-8-12(4-6-15(10)17)18-11(2)14-9-13(20-3)5-7-16(14)19/h4-9,11,18-19H,1-3H3. The summed E-state index contributed by atoms with van der Waals surface area (Å²) in [5, 5.41) is 13.2. The number of aromatic hydroxyl groups is 1. The van der Waals surface area contributed by atoms with Crippen LogP contribution in [0.4, 0.5) is 10.1 Å². The van der Waals surface area contributed by atoms with Gasteiger partial charge in [0.05, 0.1) is 13.2 Å². The van der Waals surface area contributed by atoms with Gasteiger partial charge in [0, 0.05) is 11.3 Å². The Bertz CT molecular complexity index is 613. The summed E-state index contributed by atoms with van der Waals surface area (Å²) < 4.78 is 18.4. The van der Waals surface area contributed by atoms with Crippen molar-refractivity contribution in [3.8, 4) is 11.5 Å². The minimum Gasteiger partial charge on any atom is -0.508 e. The van der Waals surface area contributed by atoms with Crippen LogP contribution < -0.4 is 10.1 Å². The fourth-order valence-corrected chi connectivity index (χ4v) is 2.07. The lowest BCUT2D eigenvalue weighted by atomic mass is 10.1. The molecule has 3 nitrogen and oxygen atoms in total. The van der Waals surface area contributed by atoms with Gasteiger partial charge in [0.25, 0.3) is 0 Å². The molecule has 1 atom stereocenters. The van der Waals surface area contributed by atoms with Gasteiger partial charge in [0.1, 0.15) is 17.3 Å². The lowest BCUT2D eigenvalue weighted by molar-refractivity contribution is 0.410. The highest BCUT2D eigenvalue weighted by Gasteiger charge is 2.12. The van der Waals surface area contributed by atoms with Gasteiger partial charge in [0.2, 0.25) is 0 Å². The van der Waals surface area contributed by atoms with Crippen LogP contribution in [0, 0.1) is 12.7 Å². The maximum atomic E-state index is 13.2. The number of aryl methyl sites for hydroxylation is 1. The van der Waals surface area contributed by atoms with E-state index in [0.29, 0.717) is 11.3 Å². The highest BCUT2D eigenvalue weighted by molar-refractivity contribution is 5.50. The molecular formula is C16H18FNO2. The maximum Gasteiger partial charge on any atom is 0.126 e. The molecule has 0 saturated carbocycles. The van der Waals surface area contributed by atoms with Crippen molar-refractivity contribution in [3.05, 3.63) is 53.3 Å². The molecule has 2 aromatic carbocycles. The lowest BCUT2D eigenvalue weighted by Gasteiger charge is -2.18. The number of phenols is 1. The highest BCUT2D eigenvalue weighted by Crippen LogP contribution is 2.30. The van der Waals surface area contributed by atoms with Crippen LogP contribution in [0.2, 0.25) is 0 Å². The van der Waals surface area contributed by atoms with Gasteiger partial charge in [-0.3, -0.25) is 0 Å². The molecule has 0 aliphatic rings. The van der Waals surface area contributed by atoms with E-state index in [9.17, 15) is 9.50 Å². The van der Waals surface area contributed by atoms with Crippen LogP contribution in [-0.2, 0) is 0 Å². The third-order valence-electron chi connectivity index (χ3n) is 3.24. The molecule has 0 fully saturated rings. The van der Waals surface area contributed by atoms with Crippen molar-refractivity contribution in [3.63, 3.8) is 0 Å². The number of rotatable bonds is 4. The minimum atomic E-state index is -0.229. The number of phenolic OH excluding ortho intramolecular Hbond substituents is 1. The molecule has 0 spiro atoms. The molecule has 1 unspecified atom stereocenters. The summed E-state index contributed by atoms with van der Waals surface area (Å²) >= 11 is 0. The van der Waals surface area contributed by atoms with Crippen LogP contribution in [-0.4, -0.2) is 12.2 Å². The number of nitrogens with one attached hydrogen (secondary N) is 1. The van der Waals surface area contributed by atoms with Crippen molar-refractivity contribution < 1.29 is 14.2 Å². The van der Waals surface area contributed by atoms with Crippen LogP contribution >= 0.6 is 0 Å². The number of ether oxygens (including phenoxy) is 1. The second-order valence-electron chi connectivity index (χ2n) is 4.75. The largest absolute Gasteiger partial charge is 0.508 e. The molecule has 2 aromatic rings. The molecule has 2 N–H and O–H groups in total. The molecule has 0 aliphatic heterocycles. The first-order valence-electron chi connectivity index (χ1n) is 6.41. The van der Waals surface area contributed by atoms with Crippen molar-refractivity contribution in [2.75, 3.05) is 12.4 Å². The van der Waals surface area contributed by atoms with E-state index < -0.39 is 0 Å². The molecule has 20 heavy (non-hydrogen) atoms. The third-order valence-corrected chi connectivity index (χ3v) is 3.24.